The topological polar surface area (TPSA) is 83.1 Å². The van der Waals surface area contributed by atoms with Crippen LogP contribution in [-0.4, -0.2) is 31.4 Å². The lowest BCUT2D eigenvalue weighted by atomic mass is 10.1. The van der Waals surface area contributed by atoms with Gasteiger partial charge in [0.05, 0.1) is 7.11 Å². The molecule has 1 fully saturated rings. The summed E-state index contributed by atoms with van der Waals surface area (Å²) in [4.78, 5) is 24.5. The third-order valence-corrected chi connectivity index (χ3v) is 5.09. The van der Waals surface area contributed by atoms with E-state index in [9.17, 15) is 9.59 Å². The Bertz CT molecular complexity index is 948. The van der Waals surface area contributed by atoms with Gasteiger partial charge in [0.15, 0.2) is 18.1 Å². The number of ether oxygens (including phenoxy) is 4. The first-order chi connectivity index (χ1) is 14.0. The van der Waals surface area contributed by atoms with Gasteiger partial charge in [-0.3, -0.25) is 4.79 Å². The largest absolute Gasteiger partial charge is 0.496 e. The van der Waals surface area contributed by atoms with Crippen LogP contribution in [0, 0.1) is 6.92 Å². The summed E-state index contributed by atoms with van der Waals surface area (Å²) in [5, 5.41) is 2.71. The average molecular weight is 397 g/mol. The number of carbonyl (C=O) groups is 2. The van der Waals surface area contributed by atoms with Gasteiger partial charge in [-0.1, -0.05) is 11.6 Å². The molecular weight excluding hydrogens is 374 g/mol. The van der Waals surface area contributed by atoms with Gasteiger partial charge in [0.1, 0.15) is 11.3 Å². The summed E-state index contributed by atoms with van der Waals surface area (Å²) >= 11 is 0. The van der Waals surface area contributed by atoms with Crippen molar-refractivity contribution in [2.24, 2.45) is 0 Å². The number of hydrogen-bond donors (Lipinski definition) is 1. The number of hydrogen-bond acceptors (Lipinski definition) is 6. The summed E-state index contributed by atoms with van der Waals surface area (Å²) in [5.74, 6) is 0.0913. The third kappa shape index (κ3) is 3.99. The zero-order valence-electron chi connectivity index (χ0n) is 16.4. The van der Waals surface area contributed by atoms with Gasteiger partial charge in [-0.25, -0.2) is 4.79 Å². The highest BCUT2D eigenvalue weighted by molar-refractivity contribution is 5.97. The number of fused-ring (bicyclic) bond motifs is 1. The summed E-state index contributed by atoms with van der Waals surface area (Å²) in [6.07, 6.45) is 3.88. The van der Waals surface area contributed by atoms with E-state index in [1.54, 1.807) is 30.3 Å². The normalized spacial score (nSPS) is 15.9. The molecule has 29 heavy (non-hydrogen) atoms. The van der Waals surface area contributed by atoms with E-state index in [0.29, 0.717) is 22.9 Å². The third-order valence-electron chi connectivity index (χ3n) is 5.09. The van der Waals surface area contributed by atoms with E-state index in [1.165, 1.54) is 7.11 Å². The van der Waals surface area contributed by atoms with Crippen molar-refractivity contribution in [1.29, 1.82) is 0 Å². The fourth-order valence-corrected chi connectivity index (χ4v) is 3.68. The molecular formula is C22H23NO6. The Kier molecular flexibility index (Phi) is 5.05. The lowest BCUT2D eigenvalue weighted by molar-refractivity contribution is -0.119. The van der Waals surface area contributed by atoms with Gasteiger partial charge >= 0.3 is 5.97 Å². The van der Waals surface area contributed by atoms with E-state index >= 15 is 0 Å². The van der Waals surface area contributed by atoms with Gasteiger partial charge in [-0.15, -0.1) is 0 Å². The molecule has 2 aliphatic rings. The number of benzene rings is 2. The zero-order chi connectivity index (χ0) is 20.4. The van der Waals surface area contributed by atoms with Gasteiger partial charge in [-0.2, -0.15) is 0 Å². The molecule has 1 saturated carbocycles. The number of methoxy groups -OCH3 is 1. The molecule has 1 heterocycles. The second-order valence-electron chi connectivity index (χ2n) is 7.31. The van der Waals surface area contributed by atoms with Crippen LogP contribution in [0.5, 0.6) is 17.2 Å². The molecule has 7 nitrogen and oxygen atoms in total. The Hall–Kier alpha value is -3.22. The molecule has 2 aromatic carbocycles. The number of nitrogens with one attached hydrogen (secondary N) is 1. The second-order valence-corrected chi connectivity index (χ2v) is 7.31. The molecule has 1 aliphatic carbocycles. The smallest absolute Gasteiger partial charge is 0.342 e. The van der Waals surface area contributed by atoms with E-state index in [2.05, 4.69) is 5.32 Å². The van der Waals surface area contributed by atoms with Gasteiger partial charge in [0.25, 0.3) is 11.7 Å². The van der Waals surface area contributed by atoms with Crippen LogP contribution in [0.1, 0.15) is 41.6 Å². The highest BCUT2D eigenvalue weighted by Gasteiger charge is 2.44. The predicted molar refractivity (Wildman–Crippen MR) is 106 cm³/mol. The highest BCUT2D eigenvalue weighted by atomic mass is 16.7. The Morgan fingerprint density at radius 3 is 2.59 bits per heavy atom. The second kappa shape index (κ2) is 7.66. The van der Waals surface area contributed by atoms with Crippen LogP contribution in [0.25, 0.3) is 0 Å². The maximum absolute atomic E-state index is 12.3. The molecule has 4 rings (SSSR count). The first-order valence-electron chi connectivity index (χ1n) is 9.62. The number of aryl methyl sites for hydroxylation is 1. The molecule has 7 heteroatoms. The summed E-state index contributed by atoms with van der Waals surface area (Å²) < 4.78 is 22.3. The summed E-state index contributed by atoms with van der Waals surface area (Å²) in [6, 6.07) is 10.4. The summed E-state index contributed by atoms with van der Waals surface area (Å²) in [5.41, 5.74) is 1.73. The van der Waals surface area contributed by atoms with Crippen LogP contribution in [0.3, 0.4) is 0 Å². The monoisotopic (exact) mass is 397 g/mol. The minimum absolute atomic E-state index is 0.283. The first kappa shape index (κ1) is 19.1. The average Bonchev–Trinajstić information content (AvgIpc) is 3.31. The van der Waals surface area contributed by atoms with Crippen molar-refractivity contribution >= 4 is 17.6 Å². The van der Waals surface area contributed by atoms with E-state index < -0.39 is 24.3 Å². The predicted octanol–water partition coefficient (Wildman–Crippen LogP) is 3.84. The van der Waals surface area contributed by atoms with Crippen LogP contribution < -0.4 is 19.5 Å². The molecule has 152 valence electrons. The Labute approximate surface area is 168 Å². The SMILES string of the molecule is COc1ccc(C)cc1C(=O)OCC(=O)Nc1ccc2c(c1)OC1(CCCC1)O2. The fourth-order valence-electron chi connectivity index (χ4n) is 3.68. The number of amides is 1. The van der Waals surface area contributed by atoms with Gasteiger partial charge < -0.3 is 24.3 Å². The minimum Gasteiger partial charge on any atom is -0.496 e. The lowest BCUT2D eigenvalue weighted by Gasteiger charge is -2.21. The number of anilines is 1. The molecule has 0 unspecified atom stereocenters. The van der Waals surface area contributed by atoms with Crippen molar-refractivity contribution in [2.45, 2.75) is 38.4 Å². The highest BCUT2D eigenvalue weighted by Crippen LogP contribution is 2.47. The van der Waals surface area contributed by atoms with E-state index in [1.807, 2.05) is 13.0 Å². The zero-order valence-corrected chi connectivity index (χ0v) is 16.4. The molecule has 1 amide bonds. The Morgan fingerprint density at radius 1 is 1.07 bits per heavy atom. The van der Waals surface area contributed by atoms with Gasteiger partial charge in [-0.05, 0) is 44.0 Å². The molecule has 0 radical (unpaired) electrons. The van der Waals surface area contributed by atoms with Crippen LogP contribution in [-0.2, 0) is 9.53 Å². The van der Waals surface area contributed by atoms with Crippen molar-refractivity contribution in [3.63, 3.8) is 0 Å². The van der Waals surface area contributed by atoms with Crippen molar-refractivity contribution in [2.75, 3.05) is 19.0 Å². The quantitative estimate of drug-likeness (QED) is 0.772. The Morgan fingerprint density at radius 2 is 1.83 bits per heavy atom. The van der Waals surface area contributed by atoms with Crippen molar-refractivity contribution in [1.82, 2.24) is 0 Å². The van der Waals surface area contributed by atoms with Crippen LogP contribution in [0.4, 0.5) is 5.69 Å². The molecule has 0 saturated heterocycles. The maximum atomic E-state index is 12.3. The van der Waals surface area contributed by atoms with Crippen LogP contribution >= 0.6 is 0 Å². The van der Waals surface area contributed by atoms with Crippen molar-refractivity contribution in [3.8, 4) is 17.2 Å². The van der Waals surface area contributed by atoms with Crippen LogP contribution in [0.2, 0.25) is 0 Å². The standard InChI is InChI=1S/C22H23NO6/c1-14-5-7-17(26-2)16(11-14)21(25)27-13-20(24)23-15-6-8-18-19(12-15)29-22(28-18)9-3-4-10-22/h5-8,11-12H,3-4,9-10,13H2,1-2H3,(H,23,24). The molecule has 0 bridgehead atoms. The molecule has 1 spiro atoms. The van der Waals surface area contributed by atoms with Gasteiger partial charge in [0.2, 0.25) is 0 Å². The molecule has 1 aliphatic heterocycles. The van der Waals surface area contributed by atoms with E-state index in [-0.39, 0.29) is 5.56 Å². The Balaban J connectivity index is 1.35. The lowest BCUT2D eigenvalue weighted by Crippen LogP contribution is -2.34. The first-order valence-corrected chi connectivity index (χ1v) is 9.62. The number of carbonyl (C=O) groups excluding carboxylic acids is 2. The minimum atomic E-state index is -0.616. The number of esters is 1. The maximum Gasteiger partial charge on any atom is 0.342 e. The van der Waals surface area contributed by atoms with Gasteiger partial charge in [0, 0.05) is 24.6 Å². The van der Waals surface area contributed by atoms with E-state index in [4.69, 9.17) is 18.9 Å². The van der Waals surface area contributed by atoms with Crippen LogP contribution in [0.15, 0.2) is 36.4 Å². The summed E-state index contributed by atoms with van der Waals surface area (Å²) in [6.45, 7) is 1.45. The molecule has 2 aromatic rings. The van der Waals surface area contributed by atoms with Crippen molar-refractivity contribution in [3.05, 3.63) is 47.5 Å². The molecule has 0 aromatic heterocycles. The molecule has 0 atom stereocenters. The fraction of sp³-hybridized carbons (Fsp3) is 0.364. The molecule has 1 N–H and O–H groups in total. The van der Waals surface area contributed by atoms with E-state index in [0.717, 1.165) is 31.2 Å². The number of rotatable bonds is 5. The van der Waals surface area contributed by atoms with Crippen molar-refractivity contribution < 1.29 is 28.5 Å². The summed E-state index contributed by atoms with van der Waals surface area (Å²) in [7, 11) is 1.48.